The van der Waals surface area contributed by atoms with Gasteiger partial charge in [-0.1, -0.05) is 12.2 Å². The standard InChI is InChI=1S/C20H18F2O2/c1-3-13-23-17-9-5-15(6-10-17)19(21)20(22)16-7-11-18(12-8-16)24-14-4-2/h3-14H,1-2H3. The van der Waals surface area contributed by atoms with Crippen LogP contribution in [0.15, 0.2) is 73.2 Å². The number of hydrogen-bond acceptors (Lipinski definition) is 2. The van der Waals surface area contributed by atoms with Crippen molar-refractivity contribution < 1.29 is 18.3 Å². The van der Waals surface area contributed by atoms with Crippen LogP contribution in [0, 0.1) is 0 Å². The normalized spacial score (nSPS) is 12.5. The summed E-state index contributed by atoms with van der Waals surface area (Å²) in [6.07, 6.45) is 6.49. The summed E-state index contributed by atoms with van der Waals surface area (Å²) >= 11 is 0. The van der Waals surface area contributed by atoms with Crippen molar-refractivity contribution >= 4 is 11.7 Å². The molecular weight excluding hydrogens is 310 g/mol. The molecule has 24 heavy (non-hydrogen) atoms. The molecule has 0 atom stereocenters. The van der Waals surface area contributed by atoms with Gasteiger partial charge in [0, 0.05) is 11.1 Å². The van der Waals surface area contributed by atoms with E-state index in [4.69, 9.17) is 9.47 Å². The molecule has 0 aliphatic rings. The van der Waals surface area contributed by atoms with Gasteiger partial charge in [0.2, 0.25) is 0 Å². The minimum Gasteiger partial charge on any atom is -0.465 e. The van der Waals surface area contributed by atoms with Gasteiger partial charge in [0.25, 0.3) is 0 Å². The van der Waals surface area contributed by atoms with Crippen LogP contribution in [0.2, 0.25) is 0 Å². The van der Waals surface area contributed by atoms with E-state index in [2.05, 4.69) is 0 Å². The van der Waals surface area contributed by atoms with Crippen LogP contribution in [-0.2, 0) is 0 Å². The predicted molar refractivity (Wildman–Crippen MR) is 92.8 cm³/mol. The molecule has 0 fully saturated rings. The molecule has 0 saturated heterocycles. The van der Waals surface area contributed by atoms with Crippen molar-refractivity contribution in [1.29, 1.82) is 0 Å². The summed E-state index contributed by atoms with van der Waals surface area (Å²) in [6.45, 7) is 3.64. The van der Waals surface area contributed by atoms with E-state index < -0.39 is 11.7 Å². The maximum absolute atomic E-state index is 14.3. The summed E-state index contributed by atoms with van der Waals surface area (Å²) in [7, 11) is 0. The largest absolute Gasteiger partial charge is 0.465 e. The summed E-state index contributed by atoms with van der Waals surface area (Å²) in [4.78, 5) is 0. The predicted octanol–water partition coefficient (Wildman–Crippen LogP) is 6.28. The fourth-order valence-electron chi connectivity index (χ4n) is 1.91. The second-order valence-electron chi connectivity index (χ2n) is 4.85. The fourth-order valence-corrected chi connectivity index (χ4v) is 1.91. The minimum absolute atomic E-state index is 0.148. The van der Waals surface area contributed by atoms with Crippen LogP contribution in [0.5, 0.6) is 11.5 Å². The summed E-state index contributed by atoms with van der Waals surface area (Å²) in [5, 5.41) is 0. The first kappa shape index (κ1) is 17.5. The molecule has 124 valence electrons. The van der Waals surface area contributed by atoms with E-state index in [-0.39, 0.29) is 11.1 Å². The van der Waals surface area contributed by atoms with Crippen molar-refractivity contribution in [3.05, 3.63) is 84.3 Å². The third-order valence-electron chi connectivity index (χ3n) is 3.09. The van der Waals surface area contributed by atoms with Crippen LogP contribution in [0.3, 0.4) is 0 Å². The molecule has 2 aromatic carbocycles. The van der Waals surface area contributed by atoms with E-state index in [1.54, 1.807) is 36.4 Å². The molecule has 0 aliphatic carbocycles. The molecule has 0 unspecified atom stereocenters. The molecule has 0 aliphatic heterocycles. The highest BCUT2D eigenvalue weighted by Gasteiger charge is 2.11. The molecule has 2 rings (SSSR count). The van der Waals surface area contributed by atoms with Gasteiger partial charge in [0.1, 0.15) is 11.5 Å². The maximum Gasteiger partial charge on any atom is 0.166 e. The molecule has 2 aromatic rings. The highest BCUT2D eigenvalue weighted by atomic mass is 19.2. The molecule has 0 heterocycles. The van der Waals surface area contributed by atoms with E-state index in [0.717, 1.165) is 0 Å². The van der Waals surface area contributed by atoms with Crippen molar-refractivity contribution in [2.45, 2.75) is 13.8 Å². The summed E-state index contributed by atoms with van der Waals surface area (Å²) < 4.78 is 39.1. The second kappa shape index (κ2) is 8.67. The van der Waals surface area contributed by atoms with Crippen molar-refractivity contribution in [3.63, 3.8) is 0 Å². The van der Waals surface area contributed by atoms with Crippen molar-refractivity contribution in [1.82, 2.24) is 0 Å². The van der Waals surface area contributed by atoms with E-state index in [1.165, 1.54) is 36.8 Å². The lowest BCUT2D eigenvalue weighted by molar-refractivity contribution is 0.480. The summed E-state index contributed by atoms with van der Waals surface area (Å²) in [5.41, 5.74) is 0.296. The van der Waals surface area contributed by atoms with Gasteiger partial charge in [-0.3, -0.25) is 0 Å². The third kappa shape index (κ3) is 4.56. The lowest BCUT2D eigenvalue weighted by atomic mass is 10.1. The monoisotopic (exact) mass is 328 g/mol. The highest BCUT2D eigenvalue weighted by molar-refractivity contribution is 5.83. The molecular formula is C20H18F2O2. The van der Waals surface area contributed by atoms with Crippen LogP contribution in [0.25, 0.3) is 11.7 Å². The van der Waals surface area contributed by atoms with E-state index >= 15 is 0 Å². The molecule has 0 spiro atoms. The van der Waals surface area contributed by atoms with Crippen LogP contribution in [0.1, 0.15) is 25.0 Å². The number of ether oxygens (including phenoxy) is 2. The smallest absolute Gasteiger partial charge is 0.166 e. The Bertz CT molecular complexity index is 677. The molecule has 0 bridgehead atoms. The van der Waals surface area contributed by atoms with E-state index in [1.807, 2.05) is 13.8 Å². The maximum atomic E-state index is 14.3. The molecule has 0 N–H and O–H groups in total. The molecule has 2 nitrogen and oxygen atoms in total. The van der Waals surface area contributed by atoms with Crippen LogP contribution in [0.4, 0.5) is 8.78 Å². The van der Waals surface area contributed by atoms with Gasteiger partial charge in [-0.25, -0.2) is 8.78 Å². The molecule has 0 radical (unpaired) electrons. The summed E-state index contributed by atoms with van der Waals surface area (Å²) in [5.74, 6) is -0.740. The Morgan fingerprint density at radius 3 is 1.29 bits per heavy atom. The number of hydrogen-bond donors (Lipinski definition) is 0. The van der Waals surface area contributed by atoms with Crippen LogP contribution < -0.4 is 9.47 Å². The number of halogens is 2. The zero-order valence-corrected chi connectivity index (χ0v) is 13.5. The number of benzene rings is 2. The Labute approximate surface area is 140 Å². The Balaban J connectivity index is 2.20. The van der Waals surface area contributed by atoms with E-state index in [9.17, 15) is 8.78 Å². The number of allylic oxidation sites excluding steroid dienone is 2. The lowest BCUT2D eigenvalue weighted by Gasteiger charge is -2.05. The van der Waals surface area contributed by atoms with E-state index in [0.29, 0.717) is 11.5 Å². The molecule has 4 heteroatoms. The molecule has 0 aromatic heterocycles. The van der Waals surface area contributed by atoms with Crippen LogP contribution in [-0.4, -0.2) is 0 Å². The highest BCUT2D eigenvalue weighted by Crippen LogP contribution is 2.30. The number of rotatable bonds is 6. The fraction of sp³-hybridized carbons (Fsp3) is 0.100. The minimum atomic E-state index is -0.922. The average molecular weight is 328 g/mol. The first-order valence-electron chi connectivity index (χ1n) is 7.47. The van der Waals surface area contributed by atoms with Gasteiger partial charge in [-0.2, -0.15) is 0 Å². The van der Waals surface area contributed by atoms with Gasteiger partial charge in [0.05, 0.1) is 12.5 Å². The summed E-state index contributed by atoms with van der Waals surface area (Å²) in [6, 6.07) is 12.2. The Morgan fingerprint density at radius 2 is 1.00 bits per heavy atom. The van der Waals surface area contributed by atoms with Crippen molar-refractivity contribution in [3.8, 4) is 11.5 Å². The topological polar surface area (TPSA) is 18.5 Å². The Hall–Kier alpha value is -2.88. The van der Waals surface area contributed by atoms with Crippen molar-refractivity contribution in [2.75, 3.05) is 0 Å². The first-order valence-corrected chi connectivity index (χ1v) is 7.47. The van der Waals surface area contributed by atoms with Gasteiger partial charge in [-0.05, 0) is 62.4 Å². The van der Waals surface area contributed by atoms with Crippen molar-refractivity contribution in [2.24, 2.45) is 0 Å². The second-order valence-corrected chi connectivity index (χ2v) is 4.85. The lowest BCUT2D eigenvalue weighted by Crippen LogP contribution is -1.87. The SMILES string of the molecule is CC=COc1ccc(C(F)=C(F)c2ccc(OC=CC)cc2)cc1. The Morgan fingerprint density at radius 1 is 0.667 bits per heavy atom. The van der Waals surface area contributed by atoms with Gasteiger partial charge in [-0.15, -0.1) is 0 Å². The molecule has 0 saturated carbocycles. The van der Waals surface area contributed by atoms with Gasteiger partial charge >= 0.3 is 0 Å². The third-order valence-corrected chi connectivity index (χ3v) is 3.09. The Kier molecular flexibility index (Phi) is 6.32. The van der Waals surface area contributed by atoms with Gasteiger partial charge in [0.15, 0.2) is 11.7 Å². The zero-order valence-electron chi connectivity index (χ0n) is 13.5. The van der Waals surface area contributed by atoms with Gasteiger partial charge < -0.3 is 9.47 Å². The molecule has 0 amide bonds. The van der Waals surface area contributed by atoms with Crippen LogP contribution >= 0.6 is 0 Å². The quantitative estimate of drug-likeness (QED) is 0.459. The average Bonchev–Trinajstić information content (AvgIpc) is 2.64. The first-order chi connectivity index (χ1) is 11.7. The zero-order chi connectivity index (χ0) is 17.4.